The van der Waals surface area contributed by atoms with Crippen LogP contribution in [0.2, 0.25) is 0 Å². The molecule has 1 rings (SSSR count). The van der Waals surface area contributed by atoms with Crippen LogP contribution in [0.1, 0.15) is 21.7 Å². The molecule has 1 heterocycles. The molecule has 0 atom stereocenters. The first-order chi connectivity index (χ1) is 5.26. The van der Waals surface area contributed by atoms with Crippen LogP contribution in [-0.2, 0) is 5.88 Å². The summed E-state index contributed by atoms with van der Waals surface area (Å²) in [6.45, 7) is 1.84. The maximum absolute atomic E-state index is 10.3. The van der Waals surface area contributed by atoms with Gasteiger partial charge in [0.1, 0.15) is 5.69 Å². The summed E-state index contributed by atoms with van der Waals surface area (Å²) >= 11 is 5.58. The molecule has 1 aromatic heterocycles. The Balaban J connectivity index is 3.11. The predicted octanol–water partition coefficient (Wildman–Crippen LogP) is 1.94. The molecular weight excluding hydrogens is 162 g/mol. The van der Waals surface area contributed by atoms with Gasteiger partial charge in [-0.25, -0.2) is 0 Å². The van der Waals surface area contributed by atoms with E-state index in [2.05, 4.69) is 4.98 Å². The number of carbonyl (C=O) groups excluding carboxylic acids is 1. The molecule has 1 aromatic rings. The first kappa shape index (κ1) is 8.21. The largest absolute Gasteiger partial charge is 0.296 e. The third kappa shape index (κ3) is 2.02. The Bertz CT molecular complexity index is 273. The van der Waals surface area contributed by atoms with Gasteiger partial charge in [-0.2, -0.15) is 0 Å². The first-order valence-corrected chi connectivity index (χ1v) is 3.78. The number of carbonyl (C=O) groups is 1. The van der Waals surface area contributed by atoms with E-state index in [0.29, 0.717) is 11.6 Å². The molecule has 0 saturated heterocycles. The van der Waals surface area contributed by atoms with Gasteiger partial charge in [0.2, 0.25) is 0 Å². The zero-order chi connectivity index (χ0) is 8.27. The number of aldehydes is 1. The van der Waals surface area contributed by atoms with E-state index in [4.69, 9.17) is 11.6 Å². The van der Waals surface area contributed by atoms with Crippen molar-refractivity contribution in [3.8, 4) is 0 Å². The summed E-state index contributed by atoms with van der Waals surface area (Å²) in [6.07, 6.45) is 0.725. The molecule has 2 nitrogen and oxygen atoms in total. The van der Waals surface area contributed by atoms with Crippen molar-refractivity contribution >= 4 is 17.9 Å². The zero-order valence-electron chi connectivity index (χ0n) is 6.17. The molecule has 0 N–H and O–H groups in total. The second-order valence-corrected chi connectivity index (χ2v) is 2.56. The second-order valence-electron chi connectivity index (χ2n) is 2.29. The Morgan fingerprint density at radius 2 is 2.36 bits per heavy atom. The van der Waals surface area contributed by atoms with Gasteiger partial charge in [-0.15, -0.1) is 11.6 Å². The normalized spacial score (nSPS) is 9.64. The minimum Gasteiger partial charge on any atom is -0.296 e. The average molecular weight is 170 g/mol. The number of alkyl halides is 1. The van der Waals surface area contributed by atoms with Crippen LogP contribution in [0.4, 0.5) is 0 Å². The fourth-order valence-corrected chi connectivity index (χ4v) is 1.06. The number of nitrogens with zero attached hydrogens (tertiary/aromatic N) is 1. The quantitative estimate of drug-likeness (QED) is 0.500. The highest BCUT2D eigenvalue weighted by Crippen LogP contribution is 2.06. The van der Waals surface area contributed by atoms with E-state index in [-0.39, 0.29) is 0 Å². The number of aryl methyl sites for hydroxylation is 1. The van der Waals surface area contributed by atoms with Crippen LogP contribution < -0.4 is 0 Å². The Hall–Kier alpha value is -0.890. The summed E-state index contributed by atoms with van der Waals surface area (Å²) in [5.74, 6) is 0.421. The lowest BCUT2D eigenvalue weighted by Gasteiger charge is -1.97. The lowest BCUT2D eigenvalue weighted by Crippen LogP contribution is -1.92. The van der Waals surface area contributed by atoms with Gasteiger partial charge < -0.3 is 0 Å². The standard InChI is InChI=1S/C8H8ClNO/c1-6-2-7(4-9)3-8(5-11)10-6/h2-3,5H,4H2,1H3. The molecule has 0 aliphatic carbocycles. The molecule has 0 bridgehead atoms. The molecule has 11 heavy (non-hydrogen) atoms. The highest BCUT2D eigenvalue weighted by molar-refractivity contribution is 6.17. The lowest BCUT2D eigenvalue weighted by molar-refractivity contribution is 0.111. The van der Waals surface area contributed by atoms with Crippen LogP contribution in [0.25, 0.3) is 0 Å². The Labute approximate surface area is 70.2 Å². The van der Waals surface area contributed by atoms with Gasteiger partial charge in [-0.3, -0.25) is 9.78 Å². The van der Waals surface area contributed by atoms with Crippen molar-refractivity contribution in [2.75, 3.05) is 0 Å². The van der Waals surface area contributed by atoms with E-state index in [1.54, 1.807) is 6.07 Å². The van der Waals surface area contributed by atoms with Crippen LogP contribution in [0.5, 0.6) is 0 Å². The monoisotopic (exact) mass is 169 g/mol. The maximum Gasteiger partial charge on any atom is 0.168 e. The van der Waals surface area contributed by atoms with Gasteiger partial charge in [-0.05, 0) is 24.6 Å². The van der Waals surface area contributed by atoms with Crippen molar-refractivity contribution < 1.29 is 4.79 Å². The topological polar surface area (TPSA) is 30.0 Å². The van der Waals surface area contributed by atoms with E-state index in [1.165, 1.54) is 0 Å². The molecule has 58 valence electrons. The van der Waals surface area contributed by atoms with Crippen LogP contribution in [-0.4, -0.2) is 11.3 Å². The summed E-state index contributed by atoms with van der Waals surface area (Å²) in [6, 6.07) is 3.55. The van der Waals surface area contributed by atoms with Crippen LogP contribution in [0.15, 0.2) is 12.1 Å². The van der Waals surface area contributed by atoms with Gasteiger partial charge in [0.15, 0.2) is 6.29 Å². The molecule has 0 saturated carbocycles. The number of hydrogen-bond acceptors (Lipinski definition) is 2. The van der Waals surface area contributed by atoms with Gasteiger partial charge in [0.05, 0.1) is 0 Å². The smallest absolute Gasteiger partial charge is 0.168 e. The summed E-state index contributed by atoms with van der Waals surface area (Å²) in [5.41, 5.74) is 2.20. The minimum absolute atomic E-state index is 0.421. The molecule has 0 spiro atoms. The molecular formula is C8H8ClNO. The second kappa shape index (κ2) is 3.49. The Morgan fingerprint density at radius 3 is 2.91 bits per heavy atom. The lowest BCUT2D eigenvalue weighted by atomic mass is 10.2. The number of rotatable bonds is 2. The van der Waals surface area contributed by atoms with Gasteiger partial charge >= 0.3 is 0 Å². The number of hydrogen-bond donors (Lipinski definition) is 0. The summed E-state index contributed by atoms with van der Waals surface area (Å²) in [4.78, 5) is 14.3. The van der Waals surface area contributed by atoms with Crippen molar-refractivity contribution in [3.63, 3.8) is 0 Å². The molecule has 3 heteroatoms. The van der Waals surface area contributed by atoms with Gasteiger partial charge in [0, 0.05) is 11.6 Å². The highest BCUT2D eigenvalue weighted by atomic mass is 35.5. The average Bonchev–Trinajstić information content (AvgIpc) is 2.03. The zero-order valence-corrected chi connectivity index (χ0v) is 6.93. The summed E-state index contributed by atoms with van der Waals surface area (Å²) in [7, 11) is 0. The van der Waals surface area contributed by atoms with E-state index >= 15 is 0 Å². The van der Waals surface area contributed by atoms with E-state index in [0.717, 1.165) is 17.5 Å². The number of aromatic nitrogens is 1. The van der Waals surface area contributed by atoms with Crippen molar-refractivity contribution in [2.45, 2.75) is 12.8 Å². The number of halogens is 1. The SMILES string of the molecule is Cc1cc(CCl)cc(C=O)n1. The van der Waals surface area contributed by atoms with E-state index in [1.807, 2.05) is 13.0 Å². The molecule has 0 aliphatic heterocycles. The van der Waals surface area contributed by atoms with E-state index in [9.17, 15) is 4.79 Å². The fourth-order valence-electron chi connectivity index (χ4n) is 0.906. The van der Waals surface area contributed by atoms with E-state index < -0.39 is 0 Å². The molecule has 0 aliphatic rings. The van der Waals surface area contributed by atoms with Crippen molar-refractivity contribution in [2.24, 2.45) is 0 Å². The third-order valence-corrected chi connectivity index (χ3v) is 1.62. The summed E-state index contributed by atoms with van der Waals surface area (Å²) in [5, 5.41) is 0. The summed E-state index contributed by atoms with van der Waals surface area (Å²) < 4.78 is 0. The molecule has 0 radical (unpaired) electrons. The minimum atomic E-state index is 0.421. The predicted molar refractivity (Wildman–Crippen MR) is 43.9 cm³/mol. The van der Waals surface area contributed by atoms with Crippen molar-refractivity contribution in [1.29, 1.82) is 0 Å². The van der Waals surface area contributed by atoms with Crippen LogP contribution >= 0.6 is 11.6 Å². The molecule has 0 fully saturated rings. The third-order valence-electron chi connectivity index (χ3n) is 1.31. The molecule has 0 unspecified atom stereocenters. The fraction of sp³-hybridized carbons (Fsp3) is 0.250. The maximum atomic E-state index is 10.3. The van der Waals surface area contributed by atoms with Crippen molar-refractivity contribution in [1.82, 2.24) is 4.98 Å². The van der Waals surface area contributed by atoms with Gasteiger partial charge in [-0.1, -0.05) is 0 Å². The first-order valence-electron chi connectivity index (χ1n) is 3.25. The Morgan fingerprint density at radius 1 is 1.64 bits per heavy atom. The van der Waals surface area contributed by atoms with Gasteiger partial charge in [0.25, 0.3) is 0 Å². The highest BCUT2D eigenvalue weighted by Gasteiger charge is 1.96. The molecule has 0 amide bonds. The van der Waals surface area contributed by atoms with Crippen LogP contribution in [0, 0.1) is 6.92 Å². The Kier molecular flexibility index (Phi) is 2.60. The van der Waals surface area contributed by atoms with Crippen LogP contribution in [0.3, 0.4) is 0 Å². The molecule has 0 aromatic carbocycles. The number of pyridine rings is 1. The van der Waals surface area contributed by atoms with Crippen molar-refractivity contribution in [3.05, 3.63) is 29.1 Å².